The van der Waals surface area contributed by atoms with E-state index < -0.39 is 0 Å². The van der Waals surface area contributed by atoms with Crippen LogP contribution < -0.4 is 5.32 Å². The molecule has 1 aliphatic rings. The standard InChI is InChI=1S/C19H26N4OS/c1-13-8-10-15(11-9-13)18-21-22-19(23(18)3)25-12-17(24)20-16-7-5-4-6-14(16)2/h8-11,14,16H,4-7,12H2,1-3H3,(H,20,24). The van der Waals surface area contributed by atoms with Crippen LogP contribution in [0.25, 0.3) is 11.4 Å². The van der Waals surface area contributed by atoms with E-state index in [2.05, 4.69) is 41.5 Å². The van der Waals surface area contributed by atoms with E-state index in [0.29, 0.717) is 17.7 Å². The van der Waals surface area contributed by atoms with Gasteiger partial charge in [0.1, 0.15) is 0 Å². The molecule has 6 heteroatoms. The minimum Gasteiger partial charge on any atom is -0.352 e. The summed E-state index contributed by atoms with van der Waals surface area (Å²) >= 11 is 1.44. The Morgan fingerprint density at radius 1 is 1.24 bits per heavy atom. The lowest BCUT2D eigenvalue weighted by Gasteiger charge is -2.29. The third-order valence-electron chi connectivity index (χ3n) is 4.93. The third-order valence-corrected chi connectivity index (χ3v) is 5.96. The van der Waals surface area contributed by atoms with E-state index in [0.717, 1.165) is 23.0 Å². The van der Waals surface area contributed by atoms with E-state index in [1.165, 1.54) is 36.6 Å². The molecule has 1 amide bonds. The average molecular weight is 359 g/mol. The van der Waals surface area contributed by atoms with E-state index >= 15 is 0 Å². The van der Waals surface area contributed by atoms with E-state index in [9.17, 15) is 4.79 Å². The summed E-state index contributed by atoms with van der Waals surface area (Å²) in [6.07, 6.45) is 4.80. The van der Waals surface area contributed by atoms with Crippen molar-refractivity contribution < 1.29 is 4.79 Å². The number of nitrogens with zero attached hydrogens (tertiary/aromatic N) is 3. The Balaban J connectivity index is 1.58. The lowest BCUT2D eigenvalue weighted by molar-refractivity contribution is -0.119. The van der Waals surface area contributed by atoms with Crippen LogP contribution in [0.15, 0.2) is 29.4 Å². The first-order valence-electron chi connectivity index (χ1n) is 8.93. The Bertz CT molecular complexity index is 726. The quantitative estimate of drug-likeness (QED) is 0.830. The highest BCUT2D eigenvalue weighted by Gasteiger charge is 2.23. The Morgan fingerprint density at radius 2 is 1.96 bits per heavy atom. The van der Waals surface area contributed by atoms with Crippen LogP contribution in [-0.4, -0.2) is 32.5 Å². The minimum absolute atomic E-state index is 0.0867. The molecule has 2 atom stereocenters. The third kappa shape index (κ3) is 4.42. The summed E-state index contributed by atoms with van der Waals surface area (Å²) < 4.78 is 1.95. The van der Waals surface area contributed by atoms with Gasteiger partial charge in [-0.15, -0.1) is 10.2 Å². The van der Waals surface area contributed by atoms with Crippen molar-refractivity contribution in [2.24, 2.45) is 13.0 Å². The lowest BCUT2D eigenvalue weighted by atomic mass is 9.86. The zero-order valence-corrected chi connectivity index (χ0v) is 16.0. The van der Waals surface area contributed by atoms with Crippen LogP contribution >= 0.6 is 11.8 Å². The predicted octanol–water partition coefficient (Wildman–Crippen LogP) is 3.58. The molecule has 3 rings (SSSR count). The highest BCUT2D eigenvalue weighted by molar-refractivity contribution is 7.99. The molecule has 1 N–H and O–H groups in total. The number of nitrogens with one attached hydrogen (secondary N) is 1. The van der Waals surface area contributed by atoms with Gasteiger partial charge in [-0.3, -0.25) is 4.79 Å². The molecule has 1 aromatic carbocycles. The van der Waals surface area contributed by atoms with Crippen LogP contribution in [0.1, 0.15) is 38.2 Å². The van der Waals surface area contributed by atoms with Crippen molar-refractivity contribution in [2.45, 2.75) is 50.7 Å². The maximum absolute atomic E-state index is 12.3. The number of amides is 1. The summed E-state index contributed by atoms with van der Waals surface area (Å²) in [5.41, 5.74) is 2.25. The van der Waals surface area contributed by atoms with Crippen molar-refractivity contribution in [2.75, 3.05) is 5.75 Å². The molecule has 0 spiro atoms. The second-order valence-electron chi connectivity index (χ2n) is 6.96. The van der Waals surface area contributed by atoms with Crippen molar-refractivity contribution in [3.63, 3.8) is 0 Å². The molecular formula is C19H26N4OS. The molecule has 5 nitrogen and oxygen atoms in total. The van der Waals surface area contributed by atoms with Crippen molar-refractivity contribution in [3.05, 3.63) is 29.8 Å². The van der Waals surface area contributed by atoms with E-state index in [1.807, 2.05) is 23.7 Å². The lowest BCUT2D eigenvalue weighted by Crippen LogP contribution is -2.41. The SMILES string of the molecule is Cc1ccc(-c2nnc(SCC(=O)NC3CCCCC3C)n2C)cc1. The fraction of sp³-hybridized carbons (Fsp3) is 0.526. The Labute approximate surface area is 153 Å². The number of aromatic nitrogens is 3. The predicted molar refractivity (Wildman–Crippen MR) is 101 cm³/mol. The van der Waals surface area contributed by atoms with Crippen LogP contribution in [-0.2, 0) is 11.8 Å². The first kappa shape index (κ1) is 18.0. The van der Waals surface area contributed by atoms with Gasteiger partial charge < -0.3 is 9.88 Å². The normalized spacial score (nSPS) is 20.4. The monoisotopic (exact) mass is 358 g/mol. The number of carbonyl (C=O) groups is 1. The van der Waals surface area contributed by atoms with E-state index in [-0.39, 0.29) is 5.91 Å². The molecule has 1 saturated carbocycles. The summed E-state index contributed by atoms with van der Waals surface area (Å²) in [5.74, 6) is 1.86. The van der Waals surface area contributed by atoms with Crippen molar-refractivity contribution in [1.82, 2.24) is 20.1 Å². The van der Waals surface area contributed by atoms with Crippen molar-refractivity contribution >= 4 is 17.7 Å². The van der Waals surface area contributed by atoms with Crippen LogP contribution in [0.3, 0.4) is 0 Å². The Morgan fingerprint density at radius 3 is 2.68 bits per heavy atom. The van der Waals surface area contributed by atoms with Gasteiger partial charge in [0.05, 0.1) is 5.75 Å². The van der Waals surface area contributed by atoms with E-state index in [1.54, 1.807) is 0 Å². The van der Waals surface area contributed by atoms with Crippen LogP contribution in [0.2, 0.25) is 0 Å². The molecule has 2 unspecified atom stereocenters. The molecule has 1 aliphatic carbocycles. The number of thioether (sulfide) groups is 1. The largest absolute Gasteiger partial charge is 0.352 e. The average Bonchev–Trinajstić information content (AvgIpc) is 2.97. The minimum atomic E-state index is 0.0867. The van der Waals surface area contributed by atoms with Crippen molar-refractivity contribution in [3.8, 4) is 11.4 Å². The number of aryl methyl sites for hydroxylation is 1. The maximum Gasteiger partial charge on any atom is 0.230 e. The summed E-state index contributed by atoms with van der Waals surface area (Å²) in [7, 11) is 1.94. The van der Waals surface area contributed by atoms with Gasteiger partial charge in [-0.2, -0.15) is 0 Å². The number of benzene rings is 1. The first-order valence-corrected chi connectivity index (χ1v) is 9.91. The van der Waals surface area contributed by atoms with Gasteiger partial charge in [0.2, 0.25) is 5.91 Å². The summed E-state index contributed by atoms with van der Waals surface area (Å²) in [6, 6.07) is 8.55. The maximum atomic E-state index is 12.3. The highest BCUT2D eigenvalue weighted by atomic mass is 32.2. The fourth-order valence-corrected chi connectivity index (χ4v) is 4.03. The molecule has 0 radical (unpaired) electrons. The van der Waals surface area contributed by atoms with Gasteiger partial charge in [0, 0.05) is 18.7 Å². The molecule has 1 heterocycles. The zero-order valence-electron chi connectivity index (χ0n) is 15.2. The molecule has 2 aromatic rings. The Kier molecular flexibility index (Phi) is 5.78. The fourth-order valence-electron chi connectivity index (χ4n) is 3.30. The molecule has 25 heavy (non-hydrogen) atoms. The smallest absolute Gasteiger partial charge is 0.230 e. The van der Waals surface area contributed by atoms with Gasteiger partial charge in [0.25, 0.3) is 0 Å². The summed E-state index contributed by atoms with van der Waals surface area (Å²) in [6.45, 7) is 4.29. The molecule has 0 aliphatic heterocycles. The van der Waals surface area contributed by atoms with Gasteiger partial charge in [-0.05, 0) is 25.7 Å². The van der Waals surface area contributed by atoms with Gasteiger partial charge in [0.15, 0.2) is 11.0 Å². The summed E-state index contributed by atoms with van der Waals surface area (Å²) in [5, 5.41) is 12.5. The van der Waals surface area contributed by atoms with Crippen LogP contribution in [0.5, 0.6) is 0 Å². The van der Waals surface area contributed by atoms with Crippen molar-refractivity contribution in [1.29, 1.82) is 0 Å². The highest BCUT2D eigenvalue weighted by Crippen LogP contribution is 2.25. The summed E-state index contributed by atoms with van der Waals surface area (Å²) in [4.78, 5) is 12.3. The second-order valence-corrected chi connectivity index (χ2v) is 7.90. The molecule has 134 valence electrons. The van der Waals surface area contributed by atoms with Gasteiger partial charge in [-0.25, -0.2) is 0 Å². The van der Waals surface area contributed by atoms with Gasteiger partial charge in [-0.1, -0.05) is 61.4 Å². The van der Waals surface area contributed by atoms with Gasteiger partial charge >= 0.3 is 0 Å². The molecular weight excluding hydrogens is 332 g/mol. The Hall–Kier alpha value is -1.82. The zero-order chi connectivity index (χ0) is 17.8. The van der Waals surface area contributed by atoms with Crippen LogP contribution in [0.4, 0.5) is 0 Å². The molecule has 1 fully saturated rings. The van der Waals surface area contributed by atoms with Crippen LogP contribution in [0, 0.1) is 12.8 Å². The number of carbonyl (C=O) groups excluding carboxylic acids is 1. The second kappa shape index (κ2) is 8.04. The molecule has 1 aromatic heterocycles. The molecule has 0 bridgehead atoms. The first-order chi connectivity index (χ1) is 12.0. The van der Waals surface area contributed by atoms with E-state index in [4.69, 9.17) is 0 Å². The molecule has 0 saturated heterocycles. The topological polar surface area (TPSA) is 59.8 Å². The number of hydrogen-bond acceptors (Lipinski definition) is 4. The number of hydrogen-bond donors (Lipinski definition) is 1. The number of rotatable bonds is 5.